The normalized spacial score (nSPS) is 12.2. The van der Waals surface area contributed by atoms with Gasteiger partial charge in [0, 0.05) is 5.56 Å². The Kier molecular flexibility index (Phi) is 5.30. The van der Waals surface area contributed by atoms with Crippen molar-refractivity contribution in [3.8, 4) is 5.75 Å². The van der Waals surface area contributed by atoms with Crippen molar-refractivity contribution < 1.29 is 4.74 Å². The van der Waals surface area contributed by atoms with Crippen LogP contribution in [0.5, 0.6) is 5.75 Å². The molecule has 0 aliphatic rings. The van der Waals surface area contributed by atoms with Crippen molar-refractivity contribution in [3.05, 3.63) is 63.6 Å². The minimum atomic E-state index is -0.366. The molecule has 0 aromatic heterocycles. The molecule has 2 aromatic carbocycles. The van der Waals surface area contributed by atoms with Crippen LogP contribution in [0, 0.1) is 0 Å². The zero-order chi connectivity index (χ0) is 14.5. The van der Waals surface area contributed by atoms with Crippen molar-refractivity contribution in [2.75, 3.05) is 6.61 Å². The first-order chi connectivity index (χ1) is 9.65. The Labute approximate surface area is 129 Å². The van der Waals surface area contributed by atoms with Crippen molar-refractivity contribution >= 4 is 23.2 Å². The van der Waals surface area contributed by atoms with Gasteiger partial charge in [0.15, 0.2) is 0 Å². The highest BCUT2D eigenvalue weighted by Crippen LogP contribution is 2.35. The highest BCUT2D eigenvalue weighted by Gasteiger charge is 2.17. The summed E-state index contributed by atoms with van der Waals surface area (Å²) in [6.45, 7) is 2.73. The average molecular weight is 310 g/mol. The number of hydrogen-bond acceptors (Lipinski definition) is 2. The number of ether oxygens (including phenoxy) is 1. The minimum absolute atomic E-state index is 0.366. The van der Waals surface area contributed by atoms with Crippen LogP contribution >= 0.6 is 23.2 Å². The quantitative estimate of drug-likeness (QED) is 0.858. The van der Waals surface area contributed by atoms with Gasteiger partial charge in [-0.25, -0.2) is 0 Å². The second-order valence-corrected chi connectivity index (χ2v) is 5.29. The molecule has 0 saturated heterocycles. The number of nitrogens with two attached hydrogens (primary N) is 1. The van der Waals surface area contributed by atoms with Crippen LogP contribution in [-0.2, 0) is 0 Å². The zero-order valence-corrected chi connectivity index (χ0v) is 12.8. The molecule has 2 N–H and O–H groups in total. The monoisotopic (exact) mass is 309 g/mol. The van der Waals surface area contributed by atoms with E-state index in [1.165, 1.54) is 0 Å². The summed E-state index contributed by atoms with van der Waals surface area (Å²) >= 11 is 12.3. The van der Waals surface area contributed by atoms with Gasteiger partial charge in [-0.3, -0.25) is 0 Å². The number of rotatable bonds is 5. The van der Waals surface area contributed by atoms with E-state index in [2.05, 4.69) is 6.92 Å². The first kappa shape index (κ1) is 15.2. The number of para-hydroxylation sites is 1. The van der Waals surface area contributed by atoms with E-state index < -0.39 is 0 Å². The number of hydrogen-bond donors (Lipinski definition) is 1. The molecule has 20 heavy (non-hydrogen) atoms. The zero-order valence-electron chi connectivity index (χ0n) is 11.3. The third kappa shape index (κ3) is 3.26. The summed E-state index contributed by atoms with van der Waals surface area (Å²) in [6, 6.07) is 12.9. The van der Waals surface area contributed by atoms with E-state index in [0.29, 0.717) is 16.7 Å². The van der Waals surface area contributed by atoms with Gasteiger partial charge >= 0.3 is 0 Å². The van der Waals surface area contributed by atoms with Crippen molar-refractivity contribution in [1.82, 2.24) is 0 Å². The molecule has 1 unspecified atom stereocenters. The second-order valence-electron chi connectivity index (χ2n) is 4.51. The molecule has 4 heteroatoms. The molecule has 0 bridgehead atoms. The summed E-state index contributed by atoms with van der Waals surface area (Å²) in [5.74, 6) is 0.790. The molecule has 0 heterocycles. The lowest BCUT2D eigenvalue weighted by molar-refractivity contribution is 0.313. The lowest BCUT2D eigenvalue weighted by Gasteiger charge is -2.18. The maximum Gasteiger partial charge on any atom is 0.124 e. The van der Waals surface area contributed by atoms with Crippen LogP contribution in [0.4, 0.5) is 0 Å². The molecule has 0 fully saturated rings. The smallest absolute Gasteiger partial charge is 0.124 e. The Bertz CT molecular complexity index is 586. The molecule has 2 nitrogen and oxygen atoms in total. The first-order valence-corrected chi connectivity index (χ1v) is 7.32. The van der Waals surface area contributed by atoms with Crippen molar-refractivity contribution in [1.29, 1.82) is 0 Å². The van der Waals surface area contributed by atoms with Crippen LogP contribution in [0.2, 0.25) is 10.0 Å². The lowest BCUT2D eigenvalue weighted by atomic mass is 9.98. The summed E-state index contributed by atoms with van der Waals surface area (Å²) in [5.41, 5.74) is 8.04. The van der Waals surface area contributed by atoms with E-state index >= 15 is 0 Å². The van der Waals surface area contributed by atoms with E-state index in [9.17, 15) is 0 Å². The maximum absolute atomic E-state index is 6.34. The second kappa shape index (κ2) is 6.98. The number of halogens is 2. The maximum atomic E-state index is 6.34. The Morgan fingerprint density at radius 2 is 1.75 bits per heavy atom. The van der Waals surface area contributed by atoms with Gasteiger partial charge in [0.05, 0.1) is 22.7 Å². The first-order valence-electron chi connectivity index (χ1n) is 6.56. The van der Waals surface area contributed by atoms with Crippen LogP contribution in [0.25, 0.3) is 0 Å². The third-order valence-electron chi connectivity index (χ3n) is 3.03. The lowest BCUT2D eigenvalue weighted by Crippen LogP contribution is -2.14. The highest BCUT2D eigenvalue weighted by atomic mass is 35.5. The van der Waals surface area contributed by atoms with E-state index in [1.807, 2.05) is 36.4 Å². The fraction of sp³-hybridized carbons (Fsp3) is 0.250. The molecule has 2 rings (SSSR count). The SMILES string of the molecule is CCCOc1ccccc1C(N)c1cccc(Cl)c1Cl. The molecule has 0 spiro atoms. The van der Waals surface area contributed by atoms with Crippen LogP contribution < -0.4 is 10.5 Å². The number of benzene rings is 2. The van der Waals surface area contributed by atoms with Crippen LogP contribution in [0.3, 0.4) is 0 Å². The van der Waals surface area contributed by atoms with Gasteiger partial charge in [-0.05, 0) is 24.1 Å². The van der Waals surface area contributed by atoms with Gasteiger partial charge < -0.3 is 10.5 Å². The Hall–Kier alpha value is -1.22. The topological polar surface area (TPSA) is 35.2 Å². The van der Waals surface area contributed by atoms with Gasteiger partial charge in [0.2, 0.25) is 0 Å². The van der Waals surface area contributed by atoms with Crippen molar-refractivity contribution in [2.45, 2.75) is 19.4 Å². The molecular formula is C16H17Cl2NO. The largest absolute Gasteiger partial charge is 0.493 e. The Morgan fingerprint density at radius 3 is 2.50 bits per heavy atom. The third-order valence-corrected chi connectivity index (χ3v) is 3.87. The Morgan fingerprint density at radius 1 is 1.05 bits per heavy atom. The van der Waals surface area contributed by atoms with Gasteiger partial charge in [0.25, 0.3) is 0 Å². The predicted molar refractivity (Wildman–Crippen MR) is 84.7 cm³/mol. The molecule has 0 amide bonds. The van der Waals surface area contributed by atoms with Gasteiger partial charge in [0.1, 0.15) is 5.75 Å². The summed E-state index contributed by atoms with van der Waals surface area (Å²) in [7, 11) is 0. The highest BCUT2D eigenvalue weighted by molar-refractivity contribution is 6.42. The Balaban J connectivity index is 2.38. The van der Waals surface area contributed by atoms with Crippen LogP contribution in [0.15, 0.2) is 42.5 Å². The molecule has 1 atom stereocenters. The fourth-order valence-corrected chi connectivity index (χ4v) is 2.43. The van der Waals surface area contributed by atoms with E-state index in [-0.39, 0.29) is 6.04 Å². The molecule has 0 radical (unpaired) electrons. The summed E-state index contributed by atoms with van der Waals surface area (Å²) in [4.78, 5) is 0. The molecule has 106 valence electrons. The van der Waals surface area contributed by atoms with Crippen molar-refractivity contribution in [2.24, 2.45) is 5.73 Å². The van der Waals surface area contributed by atoms with Gasteiger partial charge in [-0.15, -0.1) is 0 Å². The van der Waals surface area contributed by atoms with Crippen molar-refractivity contribution in [3.63, 3.8) is 0 Å². The van der Waals surface area contributed by atoms with E-state index in [1.54, 1.807) is 6.07 Å². The molecule has 2 aromatic rings. The summed E-state index contributed by atoms with van der Waals surface area (Å²) in [6.07, 6.45) is 0.946. The summed E-state index contributed by atoms with van der Waals surface area (Å²) in [5, 5.41) is 0.999. The molecule has 0 saturated carbocycles. The molecule has 0 aliphatic carbocycles. The van der Waals surface area contributed by atoms with Gasteiger partial charge in [-0.2, -0.15) is 0 Å². The van der Waals surface area contributed by atoms with E-state index in [4.69, 9.17) is 33.7 Å². The fourth-order valence-electron chi connectivity index (χ4n) is 2.01. The van der Waals surface area contributed by atoms with Crippen LogP contribution in [-0.4, -0.2) is 6.61 Å². The average Bonchev–Trinajstić information content (AvgIpc) is 2.47. The van der Waals surface area contributed by atoms with E-state index in [0.717, 1.165) is 23.3 Å². The molecule has 0 aliphatic heterocycles. The minimum Gasteiger partial charge on any atom is -0.493 e. The van der Waals surface area contributed by atoms with Gasteiger partial charge in [-0.1, -0.05) is 60.5 Å². The van der Waals surface area contributed by atoms with Crippen LogP contribution in [0.1, 0.15) is 30.5 Å². The standard InChI is InChI=1S/C16H17Cl2NO/c1-2-10-20-14-9-4-3-6-11(14)16(19)12-7-5-8-13(17)15(12)18/h3-9,16H,2,10,19H2,1H3. The predicted octanol–water partition coefficient (Wildman–Crippen LogP) is 4.83. The molecular weight excluding hydrogens is 293 g/mol. The summed E-state index contributed by atoms with van der Waals surface area (Å²) < 4.78 is 5.74.